The summed E-state index contributed by atoms with van der Waals surface area (Å²) in [4.78, 5) is 11.2. The number of Topliss-reactive ketones (excluding diaryl/α,β-unsaturated/α-hetero) is 1. The Morgan fingerprint density at radius 3 is 3.33 bits per heavy atom. The molecule has 0 N–H and O–H groups in total. The van der Waals surface area contributed by atoms with Gasteiger partial charge in [0.05, 0.1) is 6.54 Å². The maximum atomic E-state index is 11.2. The van der Waals surface area contributed by atoms with Crippen LogP contribution in [-0.4, -0.2) is 22.2 Å². The van der Waals surface area contributed by atoms with Gasteiger partial charge < -0.3 is 4.74 Å². The van der Waals surface area contributed by atoms with Crippen LogP contribution in [0.4, 0.5) is 0 Å². The SMILES string of the molecule is CCC(=O)c1cc2n(n1)CCO2. The average molecular weight is 166 g/mol. The van der Waals surface area contributed by atoms with E-state index in [1.54, 1.807) is 10.7 Å². The van der Waals surface area contributed by atoms with Crippen LogP contribution in [0.5, 0.6) is 5.88 Å². The second-order valence-corrected chi connectivity index (χ2v) is 2.72. The van der Waals surface area contributed by atoms with Crippen LogP contribution in [0.1, 0.15) is 23.8 Å². The topological polar surface area (TPSA) is 44.1 Å². The molecular formula is C8H10N2O2. The zero-order valence-corrected chi connectivity index (χ0v) is 6.91. The summed E-state index contributed by atoms with van der Waals surface area (Å²) in [5.74, 6) is 0.785. The van der Waals surface area contributed by atoms with E-state index < -0.39 is 0 Å². The van der Waals surface area contributed by atoms with Crippen molar-refractivity contribution in [3.05, 3.63) is 11.8 Å². The van der Waals surface area contributed by atoms with E-state index in [0.29, 0.717) is 24.6 Å². The number of nitrogens with zero attached hydrogens (tertiary/aromatic N) is 2. The van der Waals surface area contributed by atoms with E-state index in [9.17, 15) is 4.79 Å². The minimum Gasteiger partial charge on any atom is -0.476 e. The van der Waals surface area contributed by atoms with Gasteiger partial charge in [-0.25, -0.2) is 4.68 Å². The average Bonchev–Trinajstić information content (AvgIpc) is 2.60. The smallest absolute Gasteiger partial charge is 0.212 e. The molecule has 0 spiro atoms. The van der Waals surface area contributed by atoms with Crippen molar-refractivity contribution in [1.29, 1.82) is 0 Å². The summed E-state index contributed by atoms with van der Waals surface area (Å²) in [6.45, 7) is 3.25. The molecule has 0 fully saturated rings. The van der Waals surface area contributed by atoms with Crippen LogP contribution >= 0.6 is 0 Å². The van der Waals surface area contributed by atoms with E-state index in [0.717, 1.165) is 6.54 Å². The fourth-order valence-corrected chi connectivity index (χ4v) is 1.23. The number of fused-ring (bicyclic) bond motifs is 1. The summed E-state index contributed by atoms with van der Waals surface area (Å²) in [5, 5.41) is 4.10. The zero-order valence-electron chi connectivity index (χ0n) is 6.91. The third kappa shape index (κ3) is 0.995. The number of hydrogen-bond acceptors (Lipinski definition) is 3. The summed E-state index contributed by atoms with van der Waals surface area (Å²) in [6.07, 6.45) is 0.496. The van der Waals surface area contributed by atoms with Gasteiger partial charge in [-0.15, -0.1) is 0 Å². The van der Waals surface area contributed by atoms with Gasteiger partial charge in [0, 0.05) is 12.5 Å². The third-order valence-corrected chi connectivity index (χ3v) is 1.90. The maximum Gasteiger partial charge on any atom is 0.212 e. The number of ketones is 1. The van der Waals surface area contributed by atoms with Crippen LogP contribution in [0.3, 0.4) is 0 Å². The number of ether oxygens (including phenoxy) is 1. The van der Waals surface area contributed by atoms with E-state index in [2.05, 4.69) is 5.10 Å². The molecule has 0 radical (unpaired) electrons. The van der Waals surface area contributed by atoms with Crippen molar-refractivity contribution in [2.24, 2.45) is 0 Å². The van der Waals surface area contributed by atoms with Gasteiger partial charge in [-0.3, -0.25) is 4.79 Å². The lowest BCUT2D eigenvalue weighted by molar-refractivity contribution is 0.0982. The summed E-state index contributed by atoms with van der Waals surface area (Å²) in [6, 6.07) is 1.71. The molecule has 0 saturated carbocycles. The molecule has 0 unspecified atom stereocenters. The monoisotopic (exact) mass is 166 g/mol. The molecule has 0 aromatic carbocycles. The van der Waals surface area contributed by atoms with Gasteiger partial charge in [0.15, 0.2) is 5.78 Å². The van der Waals surface area contributed by atoms with Crippen LogP contribution in [0.15, 0.2) is 6.07 Å². The van der Waals surface area contributed by atoms with E-state index in [1.165, 1.54) is 0 Å². The first-order chi connectivity index (χ1) is 5.81. The quantitative estimate of drug-likeness (QED) is 0.612. The first-order valence-corrected chi connectivity index (χ1v) is 4.05. The molecule has 1 aliphatic rings. The lowest BCUT2D eigenvalue weighted by Gasteiger charge is -1.90. The van der Waals surface area contributed by atoms with Crippen LogP contribution in [-0.2, 0) is 6.54 Å². The lowest BCUT2D eigenvalue weighted by atomic mass is 10.2. The van der Waals surface area contributed by atoms with Gasteiger partial charge in [0.1, 0.15) is 12.3 Å². The van der Waals surface area contributed by atoms with Gasteiger partial charge in [-0.05, 0) is 0 Å². The lowest BCUT2D eigenvalue weighted by Crippen LogP contribution is -2.02. The Morgan fingerprint density at radius 2 is 2.67 bits per heavy atom. The number of hydrogen-bond donors (Lipinski definition) is 0. The highest BCUT2D eigenvalue weighted by molar-refractivity contribution is 5.94. The summed E-state index contributed by atoms with van der Waals surface area (Å²) in [5.41, 5.74) is 0.521. The Bertz CT molecular complexity index is 295. The largest absolute Gasteiger partial charge is 0.476 e. The van der Waals surface area contributed by atoms with Crippen molar-refractivity contribution in [1.82, 2.24) is 9.78 Å². The van der Waals surface area contributed by atoms with E-state index in [-0.39, 0.29) is 5.78 Å². The standard InChI is InChI=1S/C8H10N2O2/c1-2-7(11)6-5-8-10(9-6)3-4-12-8/h5H,2-4H2,1H3. The highest BCUT2D eigenvalue weighted by atomic mass is 16.5. The maximum absolute atomic E-state index is 11.2. The molecule has 2 rings (SSSR count). The van der Waals surface area contributed by atoms with Crippen molar-refractivity contribution in [2.75, 3.05) is 6.61 Å². The second-order valence-electron chi connectivity index (χ2n) is 2.72. The van der Waals surface area contributed by atoms with Crippen molar-refractivity contribution in [3.8, 4) is 5.88 Å². The fraction of sp³-hybridized carbons (Fsp3) is 0.500. The van der Waals surface area contributed by atoms with Gasteiger partial charge >= 0.3 is 0 Å². The molecule has 1 aliphatic heterocycles. The van der Waals surface area contributed by atoms with Crippen LogP contribution in [0.25, 0.3) is 0 Å². The Hall–Kier alpha value is -1.32. The van der Waals surface area contributed by atoms with E-state index >= 15 is 0 Å². The molecule has 0 atom stereocenters. The van der Waals surface area contributed by atoms with Gasteiger partial charge in [-0.1, -0.05) is 6.92 Å². The van der Waals surface area contributed by atoms with Gasteiger partial charge in [0.2, 0.25) is 5.88 Å². The predicted molar refractivity (Wildman–Crippen MR) is 42.3 cm³/mol. The first kappa shape index (κ1) is 7.34. The van der Waals surface area contributed by atoms with Crippen molar-refractivity contribution in [3.63, 3.8) is 0 Å². The van der Waals surface area contributed by atoms with Crippen LogP contribution < -0.4 is 4.74 Å². The Balaban J connectivity index is 2.31. The molecule has 2 heterocycles. The minimum absolute atomic E-state index is 0.0699. The summed E-state index contributed by atoms with van der Waals surface area (Å²) < 4.78 is 6.95. The summed E-state index contributed by atoms with van der Waals surface area (Å²) in [7, 11) is 0. The molecule has 0 aliphatic carbocycles. The first-order valence-electron chi connectivity index (χ1n) is 4.05. The highest BCUT2D eigenvalue weighted by Gasteiger charge is 2.17. The van der Waals surface area contributed by atoms with Gasteiger partial charge in [-0.2, -0.15) is 5.10 Å². The van der Waals surface area contributed by atoms with Gasteiger partial charge in [0.25, 0.3) is 0 Å². The molecule has 0 bridgehead atoms. The highest BCUT2D eigenvalue weighted by Crippen LogP contribution is 2.18. The van der Waals surface area contributed by atoms with Crippen molar-refractivity contribution < 1.29 is 9.53 Å². The fourth-order valence-electron chi connectivity index (χ4n) is 1.23. The molecular weight excluding hydrogens is 156 g/mol. The second kappa shape index (κ2) is 2.62. The minimum atomic E-state index is 0.0699. The number of carbonyl (C=O) groups excluding carboxylic acids is 1. The number of carbonyl (C=O) groups is 1. The number of rotatable bonds is 2. The molecule has 64 valence electrons. The van der Waals surface area contributed by atoms with E-state index in [1.807, 2.05) is 6.92 Å². The predicted octanol–water partition coefficient (Wildman–Crippen LogP) is 0.868. The molecule has 4 nitrogen and oxygen atoms in total. The van der Waals surface area contributed by atoms with Crippen molar-refractivity contribution in [2.45, 2.75) is 19.9 Å². The molecule has 12 heavy (non-hydrogen) atoms. The van der Waals surface area contributed by atoms with E-state index in [4.69, 9.17) is 4.74 Å². The number of aromatic nitrogens is 2. The molecule has 1 aromatic heterocycles. The molecule has 4 heteroatoms. The van der Waals surface area contributed by atoms with Crippen LogP contribution in [0, 0.1) is 0 Å². The Kier molecular flexibility index (Phi) is 1.60. The Labute approximate surface area is 70.1 Å². The van der Waals surface area contributed by atoms with Crippen LogP contribution in [0.2, 0.25) is 0 Å². The zero-order chi connectivity index (χ0) is 8.55. The van der Waals surface area contributed by atoms with Crippen molar-refractivity contribution >= 4 is 5.78 Å². The third-order valence-electron chi connectivity index (χ3n) is 1.90. The molecule has 1 aromatic rings. The normalized spacial score (nSPS) is 14.1. The molecule has 0 saturated heterocycles. The molecule has 0 amide bonds. The Morgan fingerprint density at radius 1 is 1.83 bits per heavy atom. The summed E-state index contributed by atoms with van der Waals surface area (Å²) >= 11 is 0.